The fraction of sp³-hybridized carbons (Fsp3) is 0.0667. The summed E-state index contributed by atoms with van der Waals surface area (Å²) in [6, 6.07) is 9.31. The molecular formula is C15H12N6O. The molecule has 3 heterocycles. The number of rotatable bonds is 3. The number of anilines is 1. The Morgan fingerprint density at radius 1 is 1.27 bits per heavy atom. The minimum Gasteiger partial charge on any atom is -0.324 e. The van der Waals surface area contributed by atoms with Gasteiger partial charge in [0.05, 0.1) is 23.4 Å². The Hall–Kier alpha value is -3.22. The highest BCUT2D eigenvalue weighted by Gasteiger charge is 2.08. The summed E-state index contributed by atoms with van der Waals surface area (Å²) in [4.78, 5) is 16.4. The standard InChI is InChI=1S/C15H12N6O/c22-15(9-21-14-2-1-5-16-13(14)8-18-21)19-11-4-3-10-7-17-20-12(10)6-11/h1-8H,9H2,(H,17,20)(H,19,22). The Labute approximate surface area is 125 Å². The van der Waals surface area contributed by atoms with Crippen LogP contribution in [-0.4, -0.2) is 30.9 Å². The summed E-state index contributed by atoms with van der Waals surface area (Å²) in [6.45, 7) is 0.135. The molecule has 4 rings (SSSR count). The van der Waals surface area contributed by atoms with Gasteiger partial charge in [0.15, 0.2) is 0 Å². The fourth-order valence-electron chi connectivity index (χ4n) is 2.39. The first kappa shape index (κ1) is 12.5. The number of amides is 1. The van der Waals surface area contributed by atoms with Gasteiger partial charge in [-0.2, -0.15) is 10.2 Å². The lowest BCUT2D eigenvalue weighted by Gasteiger charge is -2.06. The van der Waals surface area contributed by atoms with Crippen LogP contribution in [0.25, 0.3) is 21.9 Å². The Balaban J connectivity index is 1.54. The molecule has 22 heavy (non-hydrogen) atoms. The molecule has 1 aromatic carbocycles. The van der Waals surface area contributed by atoms with Crippen molar-refractivity contribution in [3.05, 3.63) is 48.9 Å². The third kappa shape index (κ3) is 2.18. The molecule has 0 spiro atoms. The van der Waals surface area contributed by atoms with Gasteiger partial charge < -0.3 is 5.32 Å². The largest absolute Gasteiger partial charge is 0.324 e. The smallest absolute Gasteiger partial charge is 0.246 e. The molecule has 0 fully saturated rings. The van der Waals surface area contributed by atoms with Crippen LogP contribution in [0.3, 0.4) is 0 Å². The zero-order valence-corrected chi connectivity index (χ0v) is 11.5. The van der Waals surface area contributed by atoms with Gasteiger partial charge in [-0.25, -0.2) is 0 Å². The fourth-order valence-corrected chi connectivity index (χ4v) is 2.39. The zero-order valence-electron chi connectivity index (χ0n) is 11.5. The van der Waals surface area contributed by atoms with E-state index in [1.54, 1.807) is 23.3 Å². The Morgan fingerprint density at radius 2 is 2.23 bits per heavy atom. The Kier molecular flexibility index (Phi) is 2.82. The highest BCUT2D eigenvalue weighted by molar-refractivity contribution is 5.93. The van der Waals surface area contributed by atoms with Crippen LogP contribution in [0.2, 0.25) is 0 Å². The minimum atomic E-state index is -0.146. The highest BCUT2D eigenvalue weighted by atomic mass is 16.2. The molecule has 0 aliphatic heterocycles. The van der Waals surface area contributed by atoms with Crippen molar-refractivity contribution in [2.45, 2.75) is 6.54 Å². The third-order valence-corrected chi connectivity index (χ3v) is 3.43. The molecule has 0 bridgehead atoms. The van der Waals surface area contributed by atoms with Crippen molar-refractivity contribution in [3.63, 3.8) is 0 Å². The van der Waals surface area contributed by atoms with Crippen molar-refractivity contribution in [3.8, 4) is 0 Å². The van der Waals surface area contributed by atoms with Crippen molar-refractivity contribution in [2.75, 3.05) is 5.32 Å². The number of carbonyl (C=O) groups excluding carboxylic acids is 1. The van der Waals surface area contributed by atoms with Gasteiger partial charge in [-0.15, -0.1) is 0 Å². The van der Waals surface area contributed by atoms with Gasteiger partial charge >= 0.3 is 0 Å². The molecule has 7 heteroatoms. The number of H-pyrrole nitrogens is 1. The number of nitrogens with one attached hydrogen (secondary N) is 2. The summed E-state index contributed by atoms with van der Waals surface area (Å²) < 4.78 is 1.63. The SMILES string of the molecule is O=C(Cn1ncc2ncccc21)Nc1ccc2cn[nH]c2c1. The number of fused-ring (bicyclic) bond motifs is 2. The minimum absolute atomic E-state index is 0.135. The number of nitrogens with zero attached hydrogens (tertiary/aromatic N) is 4. The first-order valence-corrected chi connectivity index (χ1v) is 6.79. The molecule has 0 atom stereocenters. The lowest BCUT2D eigenvalue weighted by Crippen LogP contribution is -2.19. The quantitative estimate of drug-likeness (QED) is 0.604. The number of carbonyl (C=O) groups is 1. The van der Waals surface area contributed by atoms with E-state index in [4.69, 9.17) is 0 Å². The average molecular weight is 292 g/mol. The van der Waals surface area contributed by atoms with E-state index in [1.807, 2.05) is 30.3 Å². The number of aromatic nitrogens is 5. The van der Waals surface area contributed by atoms with Crippen LogP contribution in [0.5, 0.6) is 0 Å². The number of aromatic amines is 1. The second-order valence-corrected chi connectivity index (χ2v) is 4.93. The van der Waals surface area contributed by atoms with Gasteiger partial charge in [0.2, 0.25) is 5.91 Å². The van der Waals surface area contributed by atoms with Gasteiger partial charge in [-0.3, -0.25) is 19.6 Å². The number of benzene rings is 1. The third-order valence-electron chi connectivity index (χ3n) is 3.43. The second-order valence-electron chi connectivity index (χ2n) is 4.93. The van der Waals surface area contributed by atoms with Gasteiger partial charge in [0, 0.05) is 17.3 Å². The molecular weight excluding hydrogens is 280 g/mol. The van der Waals surface area contributed by atoms with Crippen LogP contribution in [0.1, 0.15) is 0 Å². The predicted octanol–water partition coefficient (Wildman–Crippen LogP) is 1.95. The van der Waals surface area contributed by atoms with Crippen LogP contribution in [0.4, 0.5) is 5.69 Å². The lowest BCUT2D eigenvalue weighted by atomic mass is 10.2. The molecule has 0 radical (unpaired) electrons. The van der Waals surface area contributed by atoms with Crippen LogP contribution < -0.4 is 5.32 Å². The molecule has 4 aromatic rings. The molecule has 3 aromatic heterocycles. The van der Waals surface area contributed by atoms with E-state index in [0.29, 0.717) is 0 Å². The number of hydrogen-bond donors (Lipinski definition) is 2. The molecule has 0 saturated heterocycles. The van der Waals surface area contributed by atoms with E-state index in [9.17, 15) is 4.79 Å². The summed E-state index contributed by atoms with van der Waals surface area (Å²) >= 11 is 0. The summed E-state index contributed by atoms with van der Waals surface area (Å²) in [7, 11) is 0. The Morgan fingerprint density at radius 3 is 3.18 bits per heavy atom. The van der Waals surface area contributed by atoms with Crippen molar-refractivity contribution in [1.82, 2.24) is 25.0 Å². The lowest BCUT2D eigenvalue weighted by molar-refractivity contribution is -0.116. The summed E-state index contributed by atoms with van der Waals surface area (Å²) in [6.07, 6.45) is 5.09. The maximum atomic E-state index is 12.2. The van der Waals surface area contributed by atoms with E-state index >= 15 is 0 Å². The van der Waals surface area contributed by atoms with E-state index in [-0.39, 0.29) is 12.5 Å². The van der Waals surface area contributed by atoms with E-state index < -0.39 is 0 Å². The molecule has 2 N–H and O–H groups in total. The van der Waals surface area contributed by atoms with Gasteiger partial charge in [0.1, 0.15) is 12.1 Å². The Bertz CT molecular complexity index is 970. The first-order chi connectivity index (χ1) is 10.8. The first-order valence-electron chi connectivity index (χ1n) is 6.79. The summed E-state index contributed by atoms with van der Waals surface area (Å²) in [5.41, 5.74) is 3.21. The molecule has 0 saturated carbocycles. The average Bonchev–Trinajstić information content (AvgIpc) is 3.14. The van der Waals surface area contributed by atoms with Crippen LogP contribution in [0, 0.1) is 0 Å². The number of pyridine rings is 1. The molecule has 0 aliphatic rings. The maximum absolute atomic E-state index is 12.2. The monoisotopic (exact) mass is 292 g/mol. The zero-order chi connectivity index (χ0) is 14.9. The predicted molar refractivity (Wildman–Crippen MR) is 82.3 cm³/mol. The summed E-state index contributed by atoms with van der Waals surface area (Å²) in [5, 5.41) is 14.9. The molecule has 1 amide bonds. The molecule has 0 aliphatic carbocycles. The molecule has 7 nitrogen and oxygen atoms in total. The number of hydrogen-bond acceptors (Lipinski definition) is 4. The van der Waals surface area contributed by atoms with E-state index in [0.717, 1.165) is 27.6 Å². The normalized spacial score (nSPS) is 11.1. The van der Waals surface area contributed by atoms with Crippen LogP contribution >= 0.6 is 0 Å². The van der Waals surface area contributed by atoms with Crippen LogP contribution in [0.15, 0.2) is 48.9 Å². The van der Waals surface area contributed by atoms with Crippen molar-refractivity contribution in [2.24, 2.45) is 0 Å². The molecule has 108 valence electrons. The van der Waals surface area contributed by atoms with Gasteiger partial charge in [-0.05, 0) is 30.3 Å². The van der Waals surface area contributed by atoms with E-state index in [1.165, 1.54) is 0 Å². The second kappa shape index (κ2) is 4.96. The topological polar surface area (TPSA) is 88.5 Å². The highest BCUT2D eigenvalue weighted by Crippen LogP contribution is 2.17. The van der Waals surface area contributed by atoms with Crippen molar-refractivity contribution >= 4 is 33.5 Å². The van der Waals surface area contributed by atoms with Crippen molar-refractivity contribution in [1.29, 1.82) is 0 Å². The summed E-state index contributed by atoms with van der Waals surface area (Å²) in [5.74, 6) is -0.146. The van der Waals surface area contributed by atoms with Crippen molar-refractivity contribution < 1.29 is 4.79 Å². The van der Waals surface area contributed by atoms with Crippen LogP contribution in [-0.2, 0) is 11.3 Å². The molecule has 0 unspecified atom stereocenters. The van der Waals surface area contributed by atoms with Gasteiger partial charge in [-0.1, -0.05) is 0 Å². The maximum Gasteiger partial charge on any atom is 0.246 e. The van der Waals surface area contributed by atoms with Gasteiger partial charge in [0.25, 0.3) is 0 Å². The van der Waals surface area contributed by atoms with E-state index in [2.05, 4.69) is 25.6 Å².